The molecule has 1 saturated heterocycles. The highest BCUT2D eigenvalue weighted by Gasteiger charge is 2.28. The number of fused-ring (bicyclic) bond motifs is 1. The van der Waals surface area contributed by atoms with Gasteiger partial charge in [0.25, 0.3) is 5.91 Å². The fourth-order valence-corrected chi connectivity index (χ4v) is 3.87. The van der Waals surface area contributed by atoms with Crippen LogP contribution in [0.4, 0.5) is 0 Å². The number of hydrogen-bond acceptors (Lipinski definition) is 3. The highest BCUT2D eigenvalue weighted by Crippen LogP contribution is 2.24. The molecule has 0 spiro atoms. The van der Waals surface area contributed by atoms with Crippen LogP contribution in [0.2, 0.25) is 0 Å². The number of likely N-dealkylation sites (tertiary alicyclic amines) is 1. The number of aliphatic hydroxyl groups is 1. The number of hydrogen-bond donors (Lipinski definition) is 1. The van der Waals surface area contributed by atoms with Gasteiger partial charge in [-0.3, -0.25) is 9.78 Å². The molecule has 138 valence electrons. The van der Waals surface area contributed by atoms with Gasteiger partial charge in [0.1, 0.15) is 5.69 Å². The van der Waals surface area contributed by atoms with Gasteiger partial charge in [-0.05, 0) is 42.2 Å². The minimum Gasteiger partial charge on any atom is -0.392 e. The van der Waals surface area contributed by atoms with Crippen molar-refractivity contribution in [3.63, 3.8) is 0 Å². The maximum absolute atomic E-state index is 12.8. The van der Waals surface area contributed by atoms with Crippen molar-refractivity contribution in [2.45, 2.75) is 25.4 Å². The molecule has 3 aromatic rings. The molecule has 1 aliphatic rings. The quantitative estimate of drug-likeness (QED) is 0.772. The summed E-state index contributed by atoms with van der Waals surface area (Å²) in [6, 6.07) is 19.9. The number of carbonyl (C=O) groups is 1. The Labute approximate surface area is 159 Å². The average molecular weight is 360 g/mol. The molecule has 1 fully saturated rings. The minimum absolute atomic E-state index is 0.0169. The Morgan fingerprint density at radius 3 is 2.44 bits per heavy atom. The Hall–Kier alpha value is -2.72. The summed E-state index contributed by atoms with van der Waals surface area (Å²) in [6.07, 6.45) is 3.73. The Morgan fingerprint density at radius 1 is 1.04 bits per heavy atom. The molecule has 1 N–H and O–H groups in total. The van der Waals surface area contributed by atoms with E-state index in [2.05, 4.69) is 4.98 Å². The van der Waals surface area contributed by atoms with Crippen LogP contribution >= 0.6 is 0 Å². The number of pyridine rings is 1. The molecular formula is C23H24N2O2. The summed E-state index contributed by atoms with van der Waals surface area (Å²) in [5.74, 6) is 0.218. The van der Waals surface area contributed by atoms with Crippen LogP contribution in [-0.2, 0) is 6.42 Å². The van der Waals surface area contributed by atoms with E-state index in [-0.39, 0.29) is 17.9 Å². The lowest BCUT2D eigenvalue weighted by atomic mass is 9.88. The summed E-state index contributed by atoms with van der Waals surface area (Å²) in [5.41, 5.74) is 1.65. The lowest BCUT2D eigenvalue weighted by Crippen LogP contribution is -2.41. The van der Waals surface area contributed by atoms with Gasteiger partial charge < -0.3 is 10.0 Å². The Kier molecular flexibility index (Phi) is 5.16. The van der Waals surface area contributed by atoms with Crippen molar-refractivity contribution in [3.8, 4) is 0 Å². The molecule has 27 heavy (non-hydrogen) atoms. The van der Waals surface area contributed by atoms with Crippen LogP contribution in [-0.4, -0.2) is 40.1 Å². The molecule has 0 aliphatic carbocycles. The fourth-order valence-electron chi connectivity index (χ4n) is 3.87. The van der Waals surface area contributed by atoms with Gasteiger partial charge in [-0.2, -0.15) is 0 Å². The van der Waals surface area contributed by atoms with Crippen molar-refractivity contribution >= 4 is 16.7 Å². The second kappa shape index (κ2) is 7.89. The van der Waals surface area contributed by atoms with Gasteiger partial charge in [0, 0.05) is 24.7 Å². The van der Waals surface area contributed by atoms with Gasteiger partial charge in [-0.15, -0.1) is 0 Å². The minimum atomic E-state index is -0.358. The molecule has 1 aliphatic heterocycles. The standard InChI is InChI=1S/C23H24N2O2/c26-22(14-17-6-2-1-3-7-17)18-10-12-25(13-11-18)23(27)21-15-19-8-4-5-9-20(19)16-24-21/h1-9,15-16,18,22,26H,10-14H2/t22-/m0/s1. The van der Waals surface area contributed by atoms with Crippen molar-refractivity contribution < 1.29 is 9.90 Å². The Bertz CT molecular complexity index is 918. The molecule has 4 rings (SSSR count). The first kappa shape index (κ1) is 17.7. The van der Waals surface area contributed by atoms with E-state index in [0.717, 1.165) is 29.2 Å². The number of nitrogens with zero attached hydrogens (tertiary/aromatic N) is 2. The van der Waals surface area contributed by atoms with E-state index in [9.17, 15) is 9.90 Å². The zero-order valence-corrected chi connectivity index (χ0v) is 15.3. The zero-order valence-electron chi connectivity index (χ0n) is 15.3. The van der Waals surface area contributed by atoms with Crippen molar-refractivity contribution in [1.82, 2.24) is 9.88 Å². The highest BCUT2D eigenvalue weighted by molar-refractivity contribution is 5.96. The summed E-state index contributed by atoms with van der Waals surface area (Å²) in [4.78, 5) is 19.0. The number of carbonyl (C=O) groups excluding carboxylic acids is 1. The van der Waals surface area contributed by atoms with Gasteiger partial charge in [-0.1, -0.05) is 54.6 Å². The topological polar surface area (TPSA) is 53.4 Å². The normalized spacial score (nSPS) is 16.4. The van der Waals surface area contributed by atoms with E-state index in [4.69, 9.17) is 0 Å². The number of benzene rings is 2. The SMILES string of the molecule is O=C(c1cc2ccccc2cn1)N1CCC([C@@H](O)Cc2ccccc2)CC1. The predicted octanol–water partition coefficient (Wildman–Crippen LogP) is 3.69. The third kappa shape index (κ3) is 4.01. The fraction of sp³-hybridized carbons (Fsp3) is 0.304. The van der Waals surface area contributed by atoms with Gasteiger partial charge in [-0.25, -0.2) is 0 Å². The monoisotopic (exact) mass is 360 g/mol. The molecular weight excluding hydrogens is 336 g/mol. The number of aliphatic hydroxyl groups excluding tert-OH is 1. The van der Waals surface area contributed by atoms with Crippen molar-refractivity contribution in [2.24, 2.45) is 5.92 Å². The molecule has 1 aromatic heterocycles. The first-order valence-corrected chi connectivity index (χ1v) is 9.57. The second-order valence-electron chi connectivity index (χ2n) is 7.30. The van der Waals surface area contributed by atoms with E-state index < -0.39 is 0 Å². The van der Waals surface area contributed by atoms with E-state index in [1.807, 2.05) is 65.6 Å². The van der Waals surface area contributed by atoms with Crippen molar-refractivity contribution in [3.05, 3.63) is 78.1 Å². The number of amides is 1. The Balaban J connectivity index is 1.37. The van der Waals surface area contributed by atoms with E-state index >= 15 is 0 Å². The van der Waals surface area contributed by atoms with Crippen LogP contribution in [0.1, 0.15) is 28.9 Å². The maximum Gasteiger partial charge on any atom is 0.272 e. The van der Waals surface area contributed by atoms with Crippen LogP contribution in [0.3, 0.4) is 0 Å². The third-order valence-corrected chi connectivity index (χ3v) is 5.51. The molecule has 0 saturated carbocycles. The summed E-state index contributed by atoms with van der Waals surface area (Å²) in [6.45, 7) is 1.34. The molecule has 0 unspecified atom stereocenters. The molecule has 2 aromatic carbocycles. The number of rotatable bonds is 4. The summed E-state index contributed by atoms with van der Waals surface area (Å²) in [5, 5.41) is 12.6. The molecule has 1 amide bonds. The lowest BCUT2D eigenvalue weighted by molar-refractivity contribution is 0.0464. The van der Waals surface area contributed by atoms with Gasteiger partial charge >= 0.3 is 0 Å². The van der Waals surface area contributed by atoms with Crippen molar-refractivity contribution in [2.75, 3.05) is 13.1 Å². The molecule has 4 heteroatoms. The van der Waals surface area contributed by atoms with E-state index in [1.54, 1.807) is 6.20 Å². The molecule has 0 radical (unpaired) electrons. The van der Waals surface area contributed by atoms with E-state index in [1.165, 1.54) is 0 Å². The smallest absolute Gasteiger partial charge is 0.272 e. The van der Waals surface area contributed by atoms with Crippen LogP contribution in [0.15, 0.2) is 66.9 Å². The maximum atomic E-state index is 12.8. The third-order valence-electron chi connectivity index (χ3n) is 5.51. The van der Waals surface area contributed by atoms with Crippen LogP contribution in [0.25, 0.3) is 10.8 Å². The molecule has 4 nitrogen and oxygen atoms in total. The summed E-state index contributed by atoms with van der Waals surface area (Å²) < 4.78 is 0. The van der Waals surface area contributed by atoms with Gasteiger partial charge in [0.05, 0.1) is 6.10 Å². The Morgan fingerprint density at radius 2 is 1.70 bits per heavy atom. The first-order chi connectivity index (χ1) is 13.2. The predicted molar refractivity (Wildman–Crippen MR) is 107 cm³/mol. The lowest BCUT2D eigenvalue weighted by Gasteiger charge is -2.34. The van der Waals surface area contributed by atoms with Gasteiger partial charge in [0.15, 0.2) is 0 Å². The highest BCUT2D eigenvalue weighted by atomic mass is 16.3. The van der Waals surface area contributed by atoms with Crippen LogP contribution in [0.5, 0.6) is 0 Å². The zero-order chi connectivity index (χ0) is 18.6. The average Bonchev–Trinajstić information content (AvgIpc) is 2.73. The van der Waals surface area contributed by atoms with Crippen LogP contribution in [0, 0.1) is 5.92 Å². The summed E-state index contributed by atoms with van der Waals surface area (Å²) >= 11 is 0. The van der Waals surface area contributed by atoms with E-state index in [0.29, 0.717) is 25.2 Å². The van der Waals surface area contributed by atoms with Crippen molar-refractivity contribution in [1.29, 1.82) is 0 Å². The number of aromatic nitrogens is 1. The summed E-state index contributed by atoms with van der Waals surface area (Å²) in [7, 11) is 0. The second-order valence-corrected chi connectivity index (χ2v) is 7.30. The first-order valence-electron chi connectivity index (χ1n) is 9.57. The molecule has 0 bridgehead atoms. The number of piperidine rings is 1. The van der Waals surface area contributed by atoms with Gasteiger partial charge in [0.2, 0.25) is 0 Å². The molecule has 1 atom stereocenters. The molecule has 2 heterocycles. The van der Waals surface area contributed by atoms with Crippen LogP contribution < -0.4 is 0 Å². The largest absolute Gasteiger partial charge is 0.392 e.